The SMILES string of the molecule is Cl.Nc1ccc2c(c1)CCCC2NS(=O)(=O)c1cccc(F)c1. The Morgan fingerprint density at radius 2 is 1.96 bits per heavy atom. The predicted octanol–water partition coefficient (Wildman–Crippen LogP) is 3.19. The van der Waals surface area contributed by atoms with Gasteiger partial charge in [0.05, 0.1) is 4.90 Å². The summed E-state index contributed by atoms with van der Waals surface area (Å²) in [5.41, 5.74) is 8.47. The summed E-state index contributed by atoms with van der Waals surface area (Å²) in [6.45, 7) is 0. The molecule has 0 radical (unpaired) electrons. The highest BCUT2D eigenvalue weighted by Gasteiger charge is 2.26. The summed E-state index contributed by atoms with van der Waals surface area (Å²) in [5.74, 6) is -0.570. The number of fused-ring (bicyclic) bond motifs is 1. The van der Waals surface area contributed by atoms with Crippen molar-refractivity contribution in [2.45, 2.75) is 30.2 Å². The first-order chi connectivity index (χ1) is 10.5. The maximum atomic E-state index is 13.3. The van der Waals surface area contributed by atoms with E-state index < -0.39 is 15.8 Å². The molecule has 3 rings (SSSR count). The number of nitrogens with two attached hydrogens (primary N) is 1. The van der Waals surface area contributed by atoms with Gasteiger partial charge in [-0.1, -0.05) is 12.1 Å². The average Bonchev–Trinajstić information content (AvgIpc) is 2.47. The van der Waals surface area contributed by atoms with E-state index in [4.69, 9.17) is 5.73 Å². The number of hydrogen-bond acceptors (Lipinski definition) is 3. The Hall–Kier alpha value is -1.63. The summed E-state index contributed by atoms with van der Waals surface area (Å²) in [6, 6.07) is 10.2. The maximum Gasteiger partial charge on any atom is 0.241 e. The van der Waals surface area contributed by atoms with Gasteiger partial charge in [-0.05, 0) is 60.7 Å². The zero-order chi connectivity index (χ0) is 15.7. The Morgan fingerprint density at radius 1 is 1.17 bits per heavy atom. The second-order valence-corrected chi connectivity index (χ2v) is 7.20. The summed E-state index contributed by atoms with van der Waals surface area (Å²) < 4.78 is 40.8. The standard InChI is InChI=1S/C16H17FN2O2S.ClH/c17-12-4-2-5-14(10-12)22(20,21)19-16-6-1-3-11-9-13(18)7-8-15(11)16;/h2,4-5,7-10,16,19H,1,3,6,18H2;1H. The number of nitrogens with one attached hydrogen (secondary N) is 1. The minimum absolute atomic E-state index is 0. The minimum atomic E-state index is -3.76. The normalized spacial score (nSPS) is 17.2. The molecular formula is C16H18ClFN2O2S. The fraction of sp³-hybridized carbons (Fsp3) is 0.250. The molecule has 0 aromatic heterocycles. The van der Waals surface area contributed by atoms with Crippen LogP contribution in [0.1, 0.15) is 30.0 Å². The second kappa shape index (κ2) is 6.86. The van der Waals surface area contributed by atoms with Gasteiger partial charge in [0.25, 0.3) is 0 Å². The van der Waals surface area contributed by atoms with Crippen LogP contribution in [0.3, 0.4) is 0 Å². The van der Waals surface area contributed by atoms with E-state index in [2.05, 4.69) is 4.72 Å². The Labute approximate surface area is 141 Å². The lowest BCUT2D eigenvalue weighted by Gasteiger charge is -2.26. The molecule has 23 heavy (non-hydrogen) atoms. The molecule has 124 valence electrons. The molecule has 1 atom stereocenters. The first kappa shape index (κ1) is 17.7. The highest BCUT2D eigenvalue weighted by atomic mass is 35.5. The fourth-order valence-corrected chi connectivity index (χ4v) is 4.13. The zero-order valence-corrected chi connectivity index (χ0v) is 14.0. The first-order valence-electron chi connectivity index (χ1n) is 7.12. The van der Waals surface area contributed by atoms with E-state index in [1.54, 1.807) is 6.07 Å². The lowest BCUT2D eigenvalue weighted by Crippen LogP contribution is -2.31. The second-order valence-electron chi connectivity index (χ2n) is 5.48. The molecule has 3 N–H and O–H groups in total. The third-order valence-electron chi connectivity index (χ3n) is 3.89. The van der Waals surface area contributed by atoms with Gasteiger partial charge in [0.2, 0.25) is 10.0 Å². The lowest BCUT2D eigenvalue weighted by atomic mass is 9.88. The van der Waals surface area contributed by atoms with Crippen LogP contribution in [-0.2, 0) is 16.4 Å². The number of aryl methyl sites for hydroxylation is 1. The smallest absolute Gasteiger partial charge is 0.241 e. The molecule has 0 amide bonds. The van der Waals surface area contributed by atoms with Crippen molar-refractivity contribution in [2.75, 3.05) is 5.73 Å². The number of rotatable bonds is 3. The molecular weight excluding hydrogens is 339 g/mol. The molecule has 0 saturated heterocycles. The molecule has 4 nitrogen and oxygen atoms in total. The molecule has 7 heteroatoms. The van der Waals surface area contributed by atoms with E-state index in [0.717, 1.165) is 30.0 Å². The number of halogens is 2. The van der Waals surface area contributed by atoms with Gasteiger partial charge in [0.15, 0.2) is 0 Å². The van der Waals surface area contributed by atoms with Crippen molar-refractivity contribution in [3.63, 3.8) is 0 Å². The minimum Gasteiger partial charge on any atom is -0.399 e. The quantitative estimate of drug-likeness (QED) is 0.829. The summed E-state index contributed by atoms with van der Waals surface area (Å²) in [5, 5.41) is 0. The van der Waals surface area contributed by atoms with Gasteiger partial charge in [0, 0.05) is 11.7 Å². The van der Waals surface area contributed by atoms with Crippen molar-refractivity contribution >= 4 is 28.1 Å². The van der Waals surface area contributed by atoms with Gasteiger partial charge in [-0.15, -0.1) is 12.4 Å². The van der Waals surface area contributed by atoms with Gasteiger partial charge in [-0.2, -0.15) is 0 Å². The number of sulfonamides is 1. The van der Waals surface area contributed by atoms with E-state index in [1.165, 1.54) is 18.2 Å². The molecule has 0 spiro atoms. The fourth-order valence-electron chi connectivity index (χ4n) is 2.85. The van der Waals surface area contributed by atoms with Crippen LogP contribution in [0.2, 0.25) is 0 Å². The highest BCUT2D eigenvalue weighted by molar-refractivity contribution is 7.89. The van der Waals surface area contributed by atoms with Crippen LogP contribution in [0.4, 0.5) is 10.1 Å². The lowest BCUT2D eigenvalue weighted by molar-refractivity contribution is 0.507. The predicted molar refractivity (Wildman–Crippen MR) is 90.5 cm³/mol. The Morgan fingerprint density at radius 3 is 2.70 bits per heavy atom. The van der Waals surface area contributed by atoms with Gasteiger partial charge >= 0.3 is 0 Å². The molecule has 0 saturated carbocycles. The molecule has 2 aromatic rings. The van der Waals surface area contributed by atoms with Crippen molar-refractivity contribution in [1.82, 2.24) is 4.72 Å². The first-order valence-corrected chi connectivity index (χ1v) is 8.60. The van der Waals surface area contributed by atoms with Crippen LogP contribution in [-0.4, -0.2) is 8.42 Å². The van der Waals surface area contributed by atoms with Crippen molar-refractivity contribution in [3.05, 3.63) is 59.4 Å². The average molecular weight is 357 g/mol. The Balaban J connectivity index is 0.00000192. The van der Waals surface area contributed by atoms with Gasteiger partial charge in [-0.25, -0.2) is 17.5 Å². The zero-order valence-electron chi connectivity index (χ0n) is 12.3. The monoisotopic (exact) mass is 356 g/mol. The summed E-state index contributed by atoms with van der Waals surface area (Å²) in [7, 11) is -3.76. The highest BCUT2D eigenvalue weighted by Crippen LogP contribution is 2.32. The van der Waals surface area contributed by atoms with Crippen LogP contribution in [0.5, 0.6) is 0 Å². The van der Waals surface area contributed by atoms with E-state index >= 15 is 0 Å². The van der Waals surface area contributed by atoms with Crippen LogP contribution in [0, 0.1) is 5.82 Å². The third-order valence-corrected chi connectivity index (χ3v) is 5.35. The van der Waals surface area contributed by atoms with Gasteiger partial charge < -0.3 is 5.73 Å². The van der Waals surface area contributed by atoms with E-state index in [9.17, 15) is 12.8 Å². The molecule has 0 fully saturated rings. The summed E-state index contributed by atoms with van der Waals surface area (Å²) in [4.78, 5) is -0.0601. The number of hydrogen-bond donors (Lipinski definition) is 2. The van der Waals surface area contributed by atoms with Gasteiger partial charge in [-0.3, -0.25) is 0 Å². The van der Waals surface area contributed by atoms with Crippen LogP contribution >= 0.6 is 12.4 Å². The van der Waals surface area contributed by atoms with Crippen LogP contribution in [0.25, 0.3) is 0 Å². The van der Waals surface area contributed by atoms with E-state index in [1.807, 2.05) is 12.1 Å². The van der Waals surface area contributed by atoms with E-state index in [0.29, 0.717) is 12.1 Å². The molecule has 1 aliphatic carbocycles. The Kier molecular flexibility index (Phi) is 5.29. The third kappa shape index (κ3) is 3.83. The Bertz CT molecular complexity index is 811. The summed E-state index contributed by atoms with van der Waals surface area (Å²) >= 11 is 0. The number of nitrogen functional groups attached to an aromatic ring is 1. The van der Waals surface area contributed by atoms with Crippen molar-refractivity contribution in [1.29, 1.82) is 0 Å². The maximum absolute atomic E-state index is 13.3. The summed E-state index contributed by atoms with van der Waals surface area (Å²) in [6.07, 6.45) is 2.48. The molecule has 0 aliphatic heterocycles. The molecule has 0 bridgehead atoms. The van der Waals surface area contributed by atoms with Crippen molar-refractivity contribution in [2.24, 2.45) is 0 Å². The van der Waals surface area contributed by atoms with Crippen LogP contribution in [0.15, 0.2) is 47.4 Å². The number of anilines is 1. The van der Waals surface area contributed by atoms with Gasteiger partial charge in [0.1, 0.15) is 5.82 Å². The number of benzene rings is 2. The van der Waals surface area contributed by atoms with Crippen LogP contribution < -0.4 is 10.5 Å². The van der Waals surface area contributed by atoms with E-state index in [-0.39, 0.29) is 23.3 Å². The molecule has 0 heterocycles. The molecule has 1 aliphatic rings. The topological polar surface area (TPSA) is 72.2 Å². The molecule has 1 unspecified atom stereocenters. The largest absolute Gasteiger partial charge is 0.399 e. The molecule has 2 aromatic carbocycles. The van der Waals surface area contributed by atoms with Crippen molar-refractivity contribution < 1.29 is 12.8 Å². The van der Waals surface area contributed by atoms with Crippen molar-refractivity contribution in [3.8, 4) is 0 Å².